The summed E-state index contributed by atoms with van der Waals surface area (Å²) in [6.07, 6.45) is 1.32. The fraction of sp³-hybridized carbons (Fsp3) is 0.553. The minimum absolute atomic E-state index is 0.0538. The Hall–Kier alpha value is -3.05. The van der Waals surface area contributed by atoms with Gasteiger partial charge in [0.15, 0.2) is 29.5 Å². The van der Waals surface area contributed by atoms with Crippen LogP contribution in [0.1, 0.15) is 96.8 Å². The van der Waals surface area contributed by atoms with E-state index < -0.39 is 83.9 Å². The molecule has 21 heteroatoms. The van der Waals surface area contributed by atoms with Crippen molar-refractivity contribution in [1.82, 2.24) is 0 Å². The third-order valence-electron chi connectivity index (χ3n) is 15.0. The van der Waals surface area contributed by atoms with E-state index in [0.29, 0.717) is 63.0 Å². The Morgan fingerprint density at radius 3 is 1.15 bits per heavy atom. The average molecular weight is 1130 g/mol. The van der Waals surface area contributed by atoms with E-state index in [2.05, 4.69) is 46.8 Å². The summed E-state index contributed by atoms with van der Waals surface area (Å²) < 4.78 is 129. The monoisotopic (exact) mass is 1130 g/mol. The van der Waals surface area contributed by atoms with Crippen LogP contribution < -0.4 is 5.73 Å². The lowest BCUT2D eigenvalue weighted by Crippen LogP contribution is -2.63. The Labute approximate surface area is 413 Å². The van der Waals surface area contributed by atoms with E-state index in [4.69, 9.17) is 15.2 Å². The van der Waals surface area contributed by atoms with Gasteiger partial charge in [-0.1, -0.05) is 31.9 Å². The summed E-state index contributed by atoms with van der Waals surface area (Å²) >= 11 is 6.60. The molecule has 3 fully saturated rings. The van der Waals surface area contributed by atoms with Crippen LogP contribution >= 0.6 is 31.9 Å². The molecule has 3 aromatic rings. The molecule has 3 heterocycles. The van der Waals surface area contributed by atoms with Crippen LogP contribution in [0.25, 0.3) is 0 Å². The van der Waals surface area contributed by atoms with Crippen molar-refractivity contribution >= 4 is 84.2 Å². The highest BCUT2D eigenvalue weighted by molar-refractivity contribution is 9.10. The molecule has 13 nitrogen and oxygen atoms in total. The SMILES string of the molecule is CC1=N[C@](C)(c2cc(Br)ccc2F)CS(=O)(=O)C12CC(O)C2.COC1CC2(C1)C(C)=N[C@](C)(c1cc(Br)ccc1F)CS2(=O)=O.COC1CC2(C1)C(C)=N[C@](C)(c1cc(N)ccc1F)CS2(=O)=O. The maximum Gasteiger partial charge on any atom is 0.164 e. The maximum atomic E-state index is 14.3. The Balaban J connectivity index is 0.000000151. The number of methoxy groups -OCH3 is 2. The largest absolute Gasteiger partial charge is 0.399 e. The summed E-state index contributed by atoms with van der Waals surface area (Å²) in [4.78, 5) is 13.8. The van der Waals surface area contributed by atoms with E-state index in [1.54, 1.807) is 80.0 Å². The summed E-state index contributed by atoms with van der Waals surface area (Å²) in [7, 11) is -7.31. The Kier molecular flexibility index (Phi) is 13.9. The van der Waals surface area contributed by atoms with Crippen molar-refractivity contribution in [2.75, 3.05) is 37.2 Å². The molecule has 0 saturated heterocycles. The van der Waals surface area contributed by atoms with Gasteiger partial charge in [0.2, 0.25) is 0 Å². The van der Waals surface area contributed by atoms with Gasteiger partial charge < -0.3 is 20.3 Å². The number of anilines is 1. The molecule has 3 aliphatic carbocycles. The zero-order valence-electron chi connectivity index (χ0n) is 39.0. The number of aliphatic hydroxyl groups is 1. The van der Waals surface area contributed by atoms with E-state index in [0.717, 1.165) is 0 Å². The van der Waals surface area contributed by atoms with Gasteiger partial charge >= 0.3 is 0 Å². The van der Waals surface area contributed by atoms with Crippen LogP contribution in [0, 0.1) is 17.5 Å². The van der Waals surface area contributed by atoms with Crippen molar-refractivity contribution in [2.24, 2.45) is 15.0 Å². The van der Waals surface area contributed by atoms with Gasteiger partial charge in [0.05, 0.1) is 52.2 Å². The first-order valence-electron chi connectivity index (χ1n) is 21.9. The predicted octanol–water partition coefficient (Wildman–Crippen LogP) is 7.89. The van der Waals surface area contributed by atoms with E-state index in [1.807, 2.05) is 0 Å². The van der Waals surface area contributed by atoms with Crippen LogP contribution in [0.5, 0.6) is 0 Å². The van der Waals surface area contributed by atoms with E-state index in [-0.39, 0.29) is 53.4 Å². The molecule has 3 atom stereocenters. The van der Waals surface area contributed by atoms with Gasteiger partial charge in [-0.3, -0.25) is 15.0 Å². The molecule has 0 amide bonds. The van der Waals surface area contributed by atoms with Crippen LogP contribution in [0.15, 0.2) is 78.5 Å². The number of rotatable bonds is 5. The molecular weight excluding hydrogens is 1080 g/mol. The van der Waals surface area contributed by atoms with Crippen molar-refractivity contribution < 1.29 is 53.0 Å². The normalized spacial score (nSPS) is 36.0. The van der Waals surface area contributed by atoms with E-state index >= 15 is 0 Å². The lowest BCUT2D eigenvalue weighted by atomic mass is 9.77. The molecule has 0 unspecified atom stereocenters. The molecule has 68 heavy (non-hydrogen) atoms. The first kappa shape index (κ1) is 52.8. The van der Waals surface area contributed by atoms with Crippen molar-refractivity contribution in [3.05, 3.63) is 97.7 Å². The van der Waals surface area contributed by atoms with Crippen molar-refractivity contribution in [3.63, 3.8) is 0 Å². The number of halogens is 5. The average Bonchev–Trinajstić information content (AvgIpc) is 3.17. The first-order valence-corrected chi connectivity index (χ1v) is 28.5. The van der Waals surface area contributed by atoms with Crippen molar-refractivity contribution in [3.8, 4) is 0 Å². The molecule has 3 N–H and O–H groups in total. The molecule has 372 valence electrons. The van der Waals surface area contributed by atoms with Gasteiger partial charge in [-0.25, -0.2) is 38.4 Å². The van der Waals surface area contributed by atoms with Crippen LogP contribution in [0.3, 0.4) is 0 Å². The molecule has 3 aliphatic heterocycles. The fourth-order valence-corrected chi connectivity index (χ4v) is 19.5. The molecule has 6 aliphatic rings. The smallest absolute Gasteiger partial charge is 0.164 e. The highest BCUT2D eigenvalue weighted by Crippen LogP contribution is 2.52. The number of nitrogens with zero attached hydrogens (tertiary/aromatic N) is 3. The predicted molar refractivity (Wildman–Crippen MR) is 265 cm³/mol. The van der Waals surface area contributed by atoms with E-state index in [1.165, 1.54) is 30.3 Å². The molecule has 3 aromatic carbocycles. The second-order valence-corrected chi connectivity index (χ2v) is 28.5. The fourth-order valence-electron chi connectivity index (χ4n) is 10.9. The van der Waals surface area contributed by atoms with Crippen LogP contribution in [0.2, 0.25) is 0 Å². The topological polar surface area (TPSA) is 204 Å². The van der Waals surface area contributed by atoms with Crippen molar-refractivity contribution in [1.29, 1.82) is 0 Å². The number of nitrogens with two attached hydrogens (primary N) is 1. The number of hydrogen-bond donors (Lipinski definition) is 2. The number of nitrogen functional groups attached to an aromatic ring is 1. The molecule has 0 radical (unpaired) electrons. The molecule has 3 saturated carbocycles. The second-order valence-electron chi connectivity index (χ2n) is 19.8. The standard InChI is InChI=1S/C16H19BrFNO3S.C16H21FN2O3S.C15H17BrFNO3S/c1-10-16(7-12(8-16)22-3)23(20,21)9-15(2,19-10)13-6-11(17)4-5-14(13)18;1-10-16(7-12(8-16)22-3)23(20,21)9-15(2,19-10)13-6-11(18)4-5-14(13)17;1-9-15(6-11(19)7-15)22(20,21)8-14(2,18-9)12-5-10(16)3-4-13(12)17/h4-6,12H,7-9H2,1-3H3;4-6,12H,7-9,18H2,1-3H3;3-5,11,19H,6-8H2,1-2H3/t2*12?,15-,16?;11?,14-,15?/m000/s1. The third-order valence-corrected chi connectivity index (χ3v) is 24.3. The summed E-state index contributed by atoms with van der Waals surface area (Å²) in [5.41, 5.74) is 5.03. The third kappa shape index (κ3) is 8.77. The first-order chi connectivity index (χ1) is 31.4. The summed E-state index contributed by atoms with van der Waals surface area (Å²) in [5, 5.41) is 9.56. The highest BCUT2D eigenvalue weighted by atomic mass is 79.9. The maximum absolute atomic E-state index is 14.3. The number of ether oxygens (including phenoxy) is 2. The number of aliphatic hydroxyl groups excluding tert-OH is 1. The van der Waals surface area contributed by atoms with Crippen LogP contribution in [-0.2, 0) is 55.6 Å². The minimum atomic E-state index is -3.53. The van der Waals surface area contributed by atoms with Crippen molar-refractivity contribution in [2.45, 2.75) is 129 Å². The van der Waals surface area contributed by atoms with Gasteiger partial charge in [-0.2, -0.15) is 0 Å². The summed E-state index contributed by atoms with van der Waals surface area (Å²) in [5.74, 6) is -2.08. The van der Waals surface area contributed by atoms with Gasteiger partial charge in [-0.05, 0) is 135 Å². The Morgan fingerprint density at radius 1 is 0.559 bits per heavy atom. The van der Waals surface area contributed by atoms with Crippen LogP contribution in [-0.4, -0.2) is 112 Å². The zero-order valence-corrected chi connectivity index (χ0v) is 44.7. The number of sulfone groups is 3. The molecule has 3 spiro atoms. The van der Waals surface area contributed by atoms with E-state index in [9.17, 15) is 43.5 Å². The Bertz CT molecular complexity index is 2840. The molecule has 0 bridgehead atoms. The zero-order chi connectivity index (χ0) is 50.4. The Morgan fingerprint density at radius 2 is 0.853 bits per heavy atom. The highest BCUT2D eigenvalue weighted by Gasteiger charge is 2.63. The number of aliphatic imine (C=N–C) groups is 3. The molecular formula is C47H57Br2F3N4O9S3. The molecule has 0 aromatic heterocycles. The van der Waals surface area contributed by atoms with Gasteiger partial charge in [-0.15, -0.1) is 0 Å². The number of hydrogen-bond acceptors (Lipinski definition) is 13. The van der Waals surface area contributed by atoms with Gasteiger partial charge in [0.1, 0.15) is 31.7 Å². The van der Waals surface area contributed by atoms with Gasteiger partial charge in [0, 0.05) is 62.7 Å². The summed E-state index contributed by atoms with van der Waals surface area (Å²) in [6.45, 7) is 10.1. The number of benzene rings is 3. The quantitative estimate of drug-likeness (QED) is 0.237. The molecule has 9 rings (SSSR count). The summed E-state index contributed by atoms with van der Waals surface area (Å²) in [6, 6.07) is 13.2. The minimum Gasteiger partial charge on any atom is -0.399 e. The van der Waals surface area contributed by atoms with Gasteiger partial charge in [0.25, 0.3) is 0 Å². The lowest BCUT2D eigenvalue weighted by Gasteiger charge is -2.50. The lowest BCUT2D eigenvalue weighted by molar-refractivity contribution is 0.0293. The van der Waals surface area contributed by atoms with Crippen LogP contribution in [0.4, 0.5) is 18.9 Å². The second kappa shape index (κ2) is 17.9.